The zero-order valence-corrected chi connectivity index (χ0v) is 21.1. The van der Waals surface area contributed by atoms with E-state index in [0.29, 0.717) is 43.6 Å². The number of halogens is 3. The number of benzene rings is 2. The normalized spacial score (nSPS) is 21.6. The molecule has 0 radical (unpaired) electrons. The molecule has 2 heterocycles. The van der Waals surface area contributed by atoms with Crippen molar-refractivity contribution < 1.29 is 23.1 Å². The molecule has 5 rings (SSSR count). The van der Waals surface area contributed by atoms with E-state index in [1.165, 1.54) is 16.7 Å². The molecule has 1 aromatic heterocycles. The van der Waals surface area contributed by atoms with Crippen LogP contribution >= 0.6 is 11.8 Å². The zero-order valence-electron chi connectivity index (χ0n) is 20.3. The van der Waals surface area contributed by atoms with E-state index < -0.39 is 35.5 Å². The highest BCUT2D eigenvalue weighted by Crippen LogP contribution is 2.41. The maximum atomic E-state index is 14.9. The van der Waals surface area contributed by atoms with E-state index in [0.717, 1.165) is 22.9 Å². The van der Waals surface area contributed by atoms with Crippen LogP contribution in [0.3, 0.4) is 0 Å². The van der Waals surface area contributed by atoms with Crippen LogP contribution in [0.2, 0.25) is 0 Å². The molecule has 2 aliphatic rings. The van der Waals surface area contributed by atoms with Gasteiger partial charge in [0.25, 0.3) is 0 Å². The fourth-order valence-electron chi connectivity index (χ4n) is 5.61. The highest BCUT2D eigenvalue weighted by atomic mass is 32.2. The SMILES string of the molecule is CSc1ncc2c(n1)CN(C1CC[C@H](c3cc(F)c(F)cc3F)[C@@H](N(Cc3ccccc3)C(=O)O)C1)C2. The molecule has 1 aliphatic carbocycles. The largest absolute Gasteiger partial charge is 0.465 e. The number of amides is 1. The summed E-state index contributed by atoms with van der Waals surface area (Å²) < 4.78 is 42.8. The number of nitrogens with zero attached hydrogens (tertiary/aromatic N) is 4. The van der Waals surface area contributed by atoms with Crippen LogP contribution in [0.15, 0.2) is 53.8 Å². The predicted molar refractivity (Wildman–Crippen MR) is 134 cm³/mol. The van der Waals surface area contributed by atoms with Gasteiger partial charge in [-0.05, 0) is 42.7 Å². The first-order chi connectivity index (χ1) is 17.8. The summed E-state index contributed by atoms with van der Waals surface area (Å²) in [6.45, 7) is 1.38. The topological polar surface area (TPSA) is 69.6 Å². The molecular formula is C27H27F3N4O2S. The van der Waals surface area contributed by atoms with Gasteiger partial charge >= 0.3 is 6.09 Å². The Bertz CT molecular complexity index is 1300. The Balaban J connectivity index is 1.46. The van der Waals surface area contributed by atoms with Crippen LogP contribution in [0.5, 0.6) is 0 Å². The van der Waals surface area contributed by atoms with Gasteiger partial charge in [-0.15, -0.1) is 0 Å². The van der Waals surface area contributed by atoms with E-state index in [9.17, 15) is 23.1 Å². The maximum absolute atomic E-state index is 14.9. The van der Waals surface area contributed by atoms with Crippen molar-refractivity contribution in [2.75, 3.05) is 6.26 Å². The third kappa shape index (κ3) is 5.31. The third-order valence-corrected chi connectivity index (χ3v) is 7.99. The van der Waals surface area contributed by atoms with E-state index in [-0.39, 0.29) is 18.2 Å². The molecule has 10 heteroatoms. The Morgan fingerprint density at radius 3 is 2.59 bits per heavy atom. The number of fused-ring (bicyclic) bond motifs is 1. The Labute approximate surface area is 217 Å². The van der Waals surface area contributed by atoms with E-state index >= 15 is 0 Å². The number of aromatic nitrogens is 2. The molecule has 1 saturated carbocycles. The van der Waals surface area contributed by atoms with E-state index in [1.54, 1.807) is 0 Å². The van der Waals surface area contributed by atoms with Crippen LogP contribution in [0.4, 0.5) is 18.0 Å². The number of rotatable bonds is 6. The Kier molecular flexibility index (Phi) is 7.39. The summed E-state index contributed by atoms with van der Waals surface area (Å²) in [6.07, 6.45) is 4.15. The number of hydrogen-bond acceptors (Lipinski definition) is 5. The Morgan fingerprint density at radius 1 is 1.11 bits per heavy atom. The number of thioether (sulfide) groups is 1. The van der Waals surface area contributed by atoms with Crippen LogP contribution in [-0.2, 0) is 19.6 Å². The van der Waals surface area contributed by atoms with Crippen LogP contribution in [0.1, 0.15) is 47.6 Å². The summed E-state index contributed by atoms with van der Waals surface area (Å²) in [6, 6.07) is 10.00. The van der Waals surface area contributed by atoms with Gasteiger partial charge < -0.3 is 10.0 Å². The minimum Gasteiger partial charge on any atom is -0.465 e. The average molecular weight is 529 g/mol. The van der Waals surface area contributed by atoms with Gasteiger partial charge in [0.1, 0.15) is 5.82 Å². The molecule has 1 aliphatic heterocycles. The second-order valence-corrected chi connectivity index (χ2v) is 10.3. The Hall–Kier alpha value is -3.11. The van der Waals surface area contributed by atoms with E-state index in [4.69, 9.17) is 0 Å². The lowest BCUT2D eigenvalue weighted by atomic mass is 9.76. The molecule has 1 unspecified atom stereocenters. The first kappa shape index (κ1) is 25.5. The second-order valence-electron chi connectivity index (χ2n) is 9.56. The van der Waals surface area contributed by atoms with Crippen LogP contribution in [0, 0.1) is 17.5 Å². The maximum Gasteiger partial charge on any atom is 0.407 e. The quantitative estimate of drug-likeness (QED) is 0.247. The van der Waals surface area contributed by atoms with Crippen molar-refractivity contribution in [1.29, 1.82) is 0 Å². The van der Waals surface area contributed by atoms with Crippen LogP contribution in [0.25, 0.3) is 0 Å². The highest BCUT2D eigenvalue weighted by Gasteiger charge is 2.41. The predicted octanol–water partition coefficient (Wildman–Crippen LogP) is 5.82. The highest BCUT2D eigenvalue weighted by molar-refractivity contribution is 7.98. The standard InChI is InChI=1S/C27H27F3N4O2S/c1-37-26-31-12-17-14-33(15-24(17)32-26)18-7-8-19(20-10-22(29)23(30)11-21(20)28)25(9-18)34(27(35)36)13-16-5-3-2-4-6-16/h2-6,10-12,18-19,25H,7-9,13-15H2,1H3,(H,35,36)/t18?,19-,25+/m1/s1. The average Bonchev–Trinajstić information content (AvgIpc) is 3.33. The lowest BCUT2D eigenvalue weighted by Crippen LogP contribution is -2.50. The number of hydrogen-bond donors (Lipinski definition) is 1. The van der Waals surface area contributed by atoms with Gasteiger partial charge in [-0.2, -0.15) is 0 Å². The summed E-state index contributed by atoms with van der Waals surface area (Å²) in [5.41, 5.74) is 2.82. The molecule has 6 nitrogen and oxygen atoms in total. The minimum absolute atomic E-state index is 0.0131. The number of carboxylic acid groups (broad SMARTS) is 1. The van der Waals surface area contributed by atoms with Gasteiger partial charge in [0.2, 0.25) is 0 Å². The zero-order chi connectivity index (χ0) is 26.1. The van der Waals surface area contributed by atoms with Crippen molar-refractivity contribution in [3.05, 3.63) is 88.5 Å². The first-order valence-electron chi connectivity index (χ1n) is 12.1. The lowest BCUT2D eigenvalue weighted by Gasteiger charge is -2.44. The lowest BCUT2D eigenvalue weighted by molar-refractivity contribution is 0.0596. The molecule has 1 N–H and O–H groups in total. The fourth-order valence-corrected chi connectivity index (χ4v) is 5.97. The van der Waals surface area contributed by atoms with Crippen molar-refractivity contribution in [2.45, 2.75) is 62.1 Å². The summed E-state index contributed by atoms with van der Waals surface area (Å²) in [7, 11) is 0. The van der Waals surface area contributed by atoms with E-state index in [1.807, 2.05) is 42.8 Å². The second kappa shape index (κ2) is 10.7. The van der Waals surface area contributed by atoms with Crippen molar-refractivity contribution in [3.8, 4) is 0 Å². The van der Waals surface area contributed by atoms with Crippen LogP contribution in [-0.4, -0.2) is 49.3 Å². The van der Waals surface area contributed by atoms with Gasteiger partial charge in [-0.3, -0.25) is 4.90 Å². The van der Waals surface area contributed by atoms with Gasteiger partial charge in [0, 0.05) is 55.5 Å². The van der Waals surface area contributed by atoms with Crippen LogP contribution < -0.4 is 0 Å². The molecule has 2 aromatic carbocycles. The van der Waals surface area contributed by atoms with E-state index in [2.05, 4.69) is 14.9 Å². The molecular weight excluding hydrogens is 501 g/mol. The molecule has 3 aromatic rings. The van der Waals surface area contributed by atoms with Crippen molar-refractivity contribution >= 4 is 17.9 Å². The van der Waals surface area contributed by atoms with Crippen molar-refractivity contribution in [2.24, 2.45) is 0 Å². The van der Waals surface area contributed by atoms with Gasteiger partial charge in [-0.25, -0.2) is 27.9 Å². The summed E-state index contributed by atoms with van der Waals surface area (Å²) in [5.74, 6) is -3.86. The smallest absolute Gasteiger partial charge is 0.407 e. The minimum atomic E-state index is -1.26. The Morgan fingerprint density at radius 2 is 1.86 bits per heavy atom. The molecule has 194 valence electrons. The summed E-state index contributed by atoms with van der Waals surface area (Å²) in [5, 5.41) is 10.9. The monoisotopic (exact) mass is 528 g/mol. The molecule has 0 spiro atoms. The first-order valence-corrected chi connectivity index (χ1v) is 13.4. The molecule has 0 saturated heterocycles. The van der Waals surface area contributed by atoms with Crippen molar-refractivity contribution in [3.63, 3.8) is 0 Å². The molecule has 1 fully saturated rings. The summed E-state index contributed by atoms with van der Waals surface area (Å²) >= 11 is 1.48. The fraction of sp³-hybridized carbons (Fsp3) is 0.370. The molecule has 0 bridgehead atoms. The van der Waals surface area contributed by atoms with Gasteiger partial charge in [0.05, 0.1) is 5.69 Å². The van der Waals surface area contributed by atoms with Gasteiger partial charge in [-0.1, -0.05) is 42.1 Å². The third-order valence-electron chi connectivity index (χ3n) is 7.43. The summed E-state index contributed by atoms with van der Waals surface area (Å²) in [4.78, 5) is 25.1. The molecule has 1 amide bonds. The van der Waals surface area contributed by atoms with Crippen molar-refractivity contribution in [1.82, 2.24) is 19.8 Å². The van der Waals surface area contributed by atoms with Gasteiger partial charge in [0.15, 0.2) is 16.8 Å². The molecule has 3 atom stereocenters. The number of carbonyl (C=O) groups is 1. The molecule has 37 heavy (non-hydrogen) atoms.